The first-order valence-corrected chi connectivity index (χ1v) is 5.69. The molecule has 0 saturated heterocycles. The Morgan fingerprint density at radius 1 is 0.889 bits per heavy atom. The Kier molecular flexibility index (Phi) is 3.59. The summed E-state index contributed by atoms with van der Waals surface area (Å²) in [5.74, 6) is -1.17. The molecule has 2 nitrogen and oxygen atoms in total. The predicted molar refractivity (Wildman–Crippen MR) is 70.5 cm³/mol. The zero-order valence-corrected chi connectivity index (χ0v) is 10.5. The third-order valence-corrected chi connectivity index (χ3v) is 2.74. The van der Waals surface area contributed by atoms with E-state index >= 15 is 0 Å². The highest BCUT2D eigenvalue weighted by Crippen LogP contribution is 2.29. The van der Waals surface area contributed by atoms with Gasteiger partial charge in [0, 0.05) is 17.1 Å². The zero-order valence-electron chi connectivity index (χ0n) is 8.98. The van der Waals surface area contributed by atoms with Crippen LogP contribution in [-0.4, -0.2) is 0 Å². The van der Waals surface area contributed by atoms with Crippen LogP contribution in [0.1, 0.15) is 0 Å². The Hall–Kier alpha value is -1.52. The number of hydrogen-bond donors (Lipinski definition) is 2. The van der Waals surface area contributed by atoms with Crippen LogP contribution < -0.4 is 11.1 Å². The van der Waals surface area contributed by atoms with E-state index in [0.29, 0.717) is 11.4 Å². The highest BCUT2D eigenvalue weighted by Gasteiger charge is 2.08. The van der Waals surface area contributed by atoms with Crippen molar-refractivity contribution in [3.05, 3.63) is 52.0 Å². The van der Waals surface area contributed by atoms with Gasteiger partial charge in [-0.3, -0.25) is 0 Å². The second kappa shape index (κ2) is 5.00. The highest BCUT2D eigenvalue weighted by molar-refractivity contribution is 6.35. The number of benzene rings is 2. The molecule has 2 rings (SSSR count). The van der Waals surface area contributed by atoms with E-state index in [1.165, 1.54) is 30.3 Å². The lowest BCUT2D eigenvalue weighted by molar-refractivity contribution is 0.628. The minimum absolute atomic E-state index is 0.116. The first-order chi connectivity index (χ1) is 8.45. The highest BCUT2D eigenvalue weighted by atomic mass is 35.5. The minimum Gasteiger partial charge on any atom is -0.399 e. The van der Waals surface area contributed by atoms with Crippen molar-refractivity contribution < 1.29 is 8.78 Å². The molecule has 0 fully saturated rings. The molecule has 0 spiro atoms. The van der Waals surface area contributed by atoms with Crippen molar-refractivity contribution in [3.8, 4) is 0 Å². The molecule has 0 heterocycles. The molecule has 0 amide bonds. The Morgan fingerprint density at radius 3 is 2.00 bits per heavy atom. The molecule has 2 aromatic carbocycles. The number of hydrogen-bond acceptors (Lipinski definition) is 2. The fraction of sp³-hybridized carbons (Fsp3) is 0. The van der Waals surface area contributed by atoms with Crippen molar-refractivity contribution in [1.82, 2.24) is 0 Å². The third kappa shape index (κ3) is 2.83. The van der Waals surface area contributed by atoms with Crippen molar-refractivity contribution in [2.45, 2.75) is 0 Å². The average molecular weight is 289 g/mol. The van der Waals surface area contributed by atoms with Crippen molar-refractivity contribution in [3.63, 3.8) is 0 Å². The van der Waals surface area contributed by atoms with Gasteiger partial charge in [-0.15, -0.1) is 0 Å². The van der Waals surface area contributed by atoms with Gasteiger partial charge in [0.25, 0.3) is 0 Å². The normalized spacial score (nSPS) is 10.4. The fourth-order valence-electron chi connectivity index (χ4n) is 1.48. The van der Waals surface area contributed by atoms with Gasteiger partial charge in [0.1, 0.15) is 5.82 Å². The third-order valence-electron chi connectivity index (χ3n) is 2.19. The Morgan fingerprint density at radius 2 is 1.44 bits per heavy atom. The quantitative estimate of drug-likeness (QED) is 0.626. The molecule has 3 N–H and O–H groups in total. The molecule has 0 aliphatic rings. The monoisotopic (exact) mass is 288 g/mol. The SMILES string of the molecule is Nc1cc(F)cc(Nc2cc(Cl)c(F)c(Cl)c2)c1. The van der Waals surface area contributed by atoms with Gasteiger partial charge in [0.15, 0.2) is 5.82 Å². The number of anilines is 3. The lowest BCUT2D eigenvalue weighted by Crippen LogP contribution is -1.95. The van der Waals surface area contributed by atoms with Gasteiger partial charge < -0.3 is 11.1 Å². The summed E-state index contributed by atoms with van der Waals surface area (Å²) in [6, 6.07) is 6.68. The van der Waals surface area contributed by atoms with Crippen molar-refractivity contribution in [2.24, 2.45) is 0 Å². The van der Waals surface area contributed by atoms with E-state index in [-0.39, 0.29) is 15.7 Å². The molecule has 0 saturated carbocycles. The fourth-order valence-corrected chi connectivity index (χ4v) is 1.97. The van der Waals surface area contributed by atoms with Crippen LogP contribution in [-0.2, 0) is 0 Å². The molecule has 0 aliphatic carbocycles. The van der Waals surface area contributed by atoms with E-state index in [1.807, 2.05) is 0 Å². The van der Waals surface area contributed by atoms with Gasteiger partial charge in [-0.2, -0.15) is 0 Å². The lowest BCUT2D eigenvalue weighted by Gasteiger charge is -2.09. The standard InChI is InChI=1S/C12H8Cl2F2N2/c13-10-4-9(5-11(14)12(10)16)18-8-2-6(15)1-7(17)3-8/h1-5,18H,17H2. The molecule has 6 heteroatoms. The maximum Gasteiger partial charge on any atom is 0.160 e. The number of nitrogens with two attached hydrogens (primary N) is 1. The van der Waals surface area contributed by atoms with Gasteiger partial charge in [0.2, 0.25) is 0 Å². The molecule has 0 radical (unpaired) electrons. The van der Waals surface area contributed by atoms with Crippen molar-refractivity contribution in [1.29, 1.82) is 0 Å². The van der Waals surface area contributed by atoms with E-state index in [0.717, 1.165) is 0 Å². The number of nitrogen functional groups attached to an aromatic ring is 1. The van der Waals surface area contributed by atoms with Crippen LogP contribution in [0.4, 0.5) is 25.8 Å². The summed E-state index contributed by atoms with van der Waals surface area (Å²) in [6.07, 6.45) is 0. The average Bonchev–Trinajstić information content (AvgIpc) is 2.24. The minimum atomic E-state index is -0.692. The van der Waals surface area contributed by atoms with Crippen LogP contribution in [0.15, 0.2) is 30.3 Å². The molecule has 18 heavy (non-hydrogen) atoms. The van der Waals surface area contributed by atoms with Crippen molar-refractivity contribution in [2.75, 3.05) is 11.1 Å². The summed E-state index contributed by atoms with van der Waals surface area (Å²) >= 11 is 11.3. The van der Waals surface area contributed by atoms with E-state index in [1.54, 1.807) is 0 Å². The van der Waals surface area contributed by atoms with E-state index < -0.39 is 11.6 Å². The van der Waals surface area contributed by atoms with Crippen LogP contribution in [0.5, 0.6) is 0 Å². The first-order valence-electron chi connectivity index (χ1n) is 4.93. The molecule has 0 aliphatic heterocycles. The number of nitrogens with one attached hydrogen (secondary N) is 1. The zero-order chi connectivity index (χ0) is 13.3. The van der Waals surface area contributed by atoms with Crippen LogP contribution in [0.3, 0.4) is 0 Å². The Labute approximate surface area is 112 Å². The van der Waals surface area contributed by atoms with E-state index in [9.17, 15) is 8.78 Å². The van der Waals surface area contributed by atoms with Crippen molar-refractivity contribution >= 4 is 40.3 Å². The maximum atomic E-state index is 13.2. The van der Waals surface area contributed by atoms with Gasteiger partial charge in [-0.1, -0.05) is 23.2 Å². The summed E-state index contributed by atoms with van der Waals surface area (Å²) in [5, 5.41) is 2.61. The molecule has 94 valence electrons. The molecular weight excluding hydrogens is 281 g/mol. The van der Waals surface area contributed by atoms with E-state index in [2.05, 4.69) is 5.32 Å². The van der Waals surface area contributed by atoms with Gasteiger partial charge in [-0.05, 0) is 30.3 Å². The first kappa shape index (κ1) is 12.9. The molecular formula is C12H8Cl2F2N2. The lowest BCUT2D eigenvalue weighted by atomic mass is 10.2. The van der Waals surface area contributed by atoms with Gasteiger partial charge in [-0.25, -0.2) is 8.78 Å². The van der Waals surface area contributed by atoms with E-state index in [4.69, 9.17) is 28.9 Å². The van der Waals surface area contributed by atoms with Crippen LogP contribution in [0.25, 0.3) is 0 Å². The molecule has 0 unspecified atom stereocenters. The maximum absolute atomic E-state index is 13.2. The number of rotatable bonds is 2. The molecule has 0 aromatic heterocycles. The van der Waals surface area contributed by atoms with Crippen LogP contribution in [0, 0.1) is 11.6 Å². The topological polar surface area (TPSA) is 38.0 Å². The molecule has 0 atom stereocenters. The molecule has 2 aromatic rings. The smallest absolute Gasteiger partial charge is 0.160 e. The summed E-state index contributed by atoms with van der Waals surface area (Å²) in [5.41, 5.74) is 6.64. The summed E-state index contributed by atoms with van der Waals surface area (Å²) < 4.78 is 26.3. The second-order valence-corrected chi connectivity index (χ2v) is 4.47. The summed E-state index contributed by atoms with van der Waals surface area (Å²) in [6.45, 7) is 0. The van der Waals surface area contributed by atoms with Gasteiger partial charge in [0.05, 0.1) is 10.0 Å². The summed E-state index contributed by atoms with van der Waals surface area (Å²) in [7, 11) is 0. The summed E-state index contributed by atoms with van der Waals surface area (Å²) in [4.78, 5) is 0. The Balaban J connectivity index is 2.34. The second-order valence-electron chi connectivity index (χ2n) is 3.65. The Bertz CT molecular complexity index is 559. The number of halogens is 4. The van der Waals surface area contributed by atoms with Gasteiger partial charge >= 0.3 is 0 Å². The molecule has 0 bridgehead atoms. The van der Waals surface area contributed by atoms with Crippen LogP contribution in [0.2, 0.25) is 10.0 Å². The predicted octanol–water partition coefficient (Wildman–Crippen LogP) is 4.60. The largest absolute Gasteiger partial charge is 0.399 e. The van der Waals surface area contributed by atoms with Crippen LogP contribution >= 0.6 is 23.2 Å².